The van der Waals surface area contributed by atoms with Crippen molar-refractivity contribution < 1.29 is 0 Å². The molecular formula is C16H14Br2N2. The van der Waals surface area contributed by atoms with E-state index in [4.69, 9.17) is 5.26 Å². The van der Waals surface area contributed by atoms with Crippen LogP contribution in [0, 0.1) is 18.3 Å². The quantitative estimate of drug-likeness (QED) is 0.740. The summed E-state index contributed by atoms with van der Waals surface area (Å²) < 4.78 is 2.06. The first-order valence-corrected chi connectivity index (χ1v) is 7.82. The van der Waals surface area contributed by atoms with Crippen molar-refractivity contribution in [2.45, 2.75) is 19.9 Å². The van der Waals surface area contributed by atoms with Crippen molar-refractivity contribution in [3.63, 3.8) is 0 Å². The fourth-order valence-corrected chi connectivity index (χ4v) is 3.63. The van der Waals surface area contributed by atoms with Crippen LogP contribution in [0.3, 0.4) is 0 Å². The van der Waals surface area contributed by atoms with E-state index in [1.54, 1.807) is 0 Å². The van der Waals surface area contributed by atoms with Crippen molar-refractivity contribution in [2.24, 2.45) is 0 Å². The zero-order valence-corrected chi connectivity index (χ0v) is 14.4. The van der Waals surface area contributed by atoms with Gasteiger partial charge in [-0.15, -0.1) is 0 Å². The summed E-state index contributed by atoms with van der Waals surface area (Å²) in [7, 11) is 0. The zero-order chi connectivity index (χ0) is 14.7. The SMILES string of the molecule is Cc1cc(Br)c(NC(C)c2ccc(C#N)cc2)c(Br)c1. The topological polar surface area (TPSA) is 35.8 Å². The number of aryl methyl sites for hydroxylation is 1. The van der Waals surface area contributed by atoms with Gasteiger partial charge in [0.05, 0.1) is 17.3 Å². The molecule has 0 saturated heterocycles. The highest BCUT2D eigenvalue weighted by atomic mass is 79.9. The molecule has 0 aromatic heterocycles. The number of halogens is 2. The Bertz CT molecular complexity index is 634. The number of rotatable bonds is 3. The third kappa shape index (κ3) is 3.41. The highest BCUT2D eigenvalue weighted by molar-refractivity contribution is 9.11. The molecule has 1 unspecified atom stereocenters. The molecule has 2 nitrogen and oxygen atoms in total. The normalized spacial score (nSPS) is 11.8. The van der Waals surface area contributed by atoms with Crippen LogP contribution in [0.25, 0.3) is 0 Å². The Balaban J connectivity index is 2.23. The van der Waals surface area contributed by atoms with E-state index in [2.05, 4.69) is 69.2 Å². The maximum atomic E-state index is 8.82. The molecule has 0 heterocycles. The summed E-state index contributed by atoms with van der Waals surface area (Å²) in [5, 5.41) is 12.3. The lowest BCUT2D eigenvalue weighted by atomic mass is 10.1. The summed E-state index contributed by atoms with van der Waals surface area (Å²) in [6.07, 6.45) is 0. The highest BCUT2D eigenvalue weighted by Crippen LogP contribution is 2.34. The molecule has 102 valence electrons. The Morgan fingerprint density at radius 3 is 2.15 bits per heavy atom. The first-order chi connectivity index (χ1) is 9.51. The molecule has 0 bridgehead atoms. The summed E-state index contributed by atoms with van der Waals surface area (Å²) in [6, 6.07) is 14.1. The predicted molar refractivity (Wildman–Crippen MR) is 89.8 cm³/mol. The van der Waals surface area contributed by atoms with Gasteiger partial charge in [0, 0.05) is 15.0 Å². The highest BCUT2D eigenvalue weighted by Gasteiger charge is 2.11. The second-order valence-corrected chi connectivity index (χ2v) is 6.41. The summed E-state index contributed by atoms with van der Waals surface area (Å²) in [6.45, 7) is 4.16. The fourth-order valence-electron chi connectivity index (χ4n) is 1.98. The predicted octanol–water partition coefficient (Wildman–Crippen LogP) is 5.56. The van der Waals surface area contributed by atoms with E-state index in [-0.39, 0.29) is 6.04 Å². The molecule has 0 aliphatic carbocycles. The minimum atomic E-state index is 0.151. The van der Waals surface area contributed by atoms with E-state index < -0.39 is 0 Å². The van der Waals surface area contributed by atoms with Gasteiger partial charge < -0.3 is 5.32 Å². The molecule has 2 rings (SSSR count). The molecule has 2 aromatic rings. The van der Waals surface area contributed by atoms with Gasteiger partial charge in [-0.1, -0.05) is 12.1 Å². The lowest BCUT2D eigenvalue weighted by Gasteiger charge is -2.18. The van der Waals surface area contributed by atoms with Crippen molar-refractivity contribution >= 4 is 37.5 Å². The van der Waals surface area contributed by atoms with Crippen LogP contribution in [0.2, 0.25) is 0 Å². The van der Waals surface area contributed by atoms with Gasteiger partial charge in [0.1, 0.15) is 0 Å². The van der Waals surface area contributed by atoms with E-state index in [1.165, 1.54) is 5.56 Å². The zero-order valence-electron chi connectivity index (χ0n) is 11.2. The van der Waals surface area contributed by atoms with Gasteiger partial charge in [0.2, 0.25) is 0 Å². The minimum absolute atomic E-state index is 0.151. The molecule has 20 heavy (non-hydrogen) atoms. The van der Waals surface area contributed by atoms with E-state index in [0.29, 0.717) is 5.56 Å². The Kier molecular flexibility index (Phi) is 4.85. The Morgan fingerprint density at radius 2 is 1.65 bits per heavy atom. The molecule has 4 heteroatoms. The van der Waals surface area contributed by atoms with E-state index in [9.17, 15) is 0 Å². The summed E-state index contributed by atoms with van der Waals surface area (Å²) in [4.78, 5) is 0. The third-order valence-corrected chi connectivity index (χ3v) is 4.34. The van der Waals surface area contributed by atoms with Gasteiger partial charge in [-0.3, -0.25) is 0 Å². The molecule has 0 amide bonds. The molecule has 1 N–H and O–H groups in total. The van der Waals surface area contributed by atoms with Gasteiger partial charge in [-0.2, -0.15) is 5.26 Å². The van der Waals surface area contributed by atoms with Crippen LogP contribution in [0.1, 0.15) is 29.7 Å². The number of nitrogens with zero attached hydrogens (tertiary/aromatic N) is 1. The van der Waals surface area contributed by atoms with Crippen LogP contribution in [-0.4, -0.2) is 0 Å². The van der Waals surface area contributed by atoms with Crippen molar-refractivity contribution in [3.8, 4) is 6.07 Å². The minimum Gasteiger partial charge on any atom is -0.377 e. The summed E-state index contributed by atoms with van der Waals surface area (Å²) in [5.74, 6) is 0. The maximum absolute atomic E-state index is 8.82. The van der Waals surface area contributed by atoms with Crippen LogP contribution < -0.4 is 5.32 Å². The molecule has 0 saturated carbocycles. The Morgan fingerprint density at radius 1 is 1.10 bits per heavy atom. The van der Waals surface area contributed by atoms with Crippen LogP contribution in [0.5, 0.6) is 0 Å². The third-order valence-electron chi connectivity index (χ3n) is 3.09. The molecule has 1 atom stereocenters. The lowest BCUT2D eigenvalue weighted by molar-refractivity contribution is 0.882. The molecule has 2 aromatic carbocycles. The van der Waals surface area contributed by atoms with Crippen LogP contribution in [-0.2, 0) is 0 Å². The Labute approximate surface area is 136 Å². The van der Waals surface area contributed by atoms with E-state index in [1.807, 2.05) is 24.3 Å². The number of hydrogen-bond donors (Lipinski definition) is 1. The molecule has 0 fully saturated rings. The van der Waals surface area contributed by atoms with Crippen molar-refractivity contribution in [2.75, 3.05) is 5.32 Å². The first kappa shape index (κ1) is 15.1. The number of anilines is 1. The smallest absolute Gasteiger partial charge is 0.0991 e. The molecule has 0 aliphatic heterocycles. The average Bonchev–Trinajstić information content (AvgIpc) is 2.42. The van der Waals surface area contributed by atoms with Crippen molar-refractivity contribution in [1.29, 1.82) is 5.26 Å². The van der Waals surface area contributed by atoms with E-state index >= 15 is 0 Å². The molecule has 0 spiro atoms. The van der Waals surface area contributed by atoms with Crippen molar-refractivity contribution in [3.05, 3.63) is 62.0 Å². The van der Waals surface area contributed by atoms with E-state index in [0.717, 1.165) is 20.2 Å². The number of benzene rings is 2. The molecule has 0 aliphatic rings. The summed E-state index contributed by atoms with van der Waals surface area (Å²) >= 11 is 7.17. The average molecular weight is 394 g/mol. The van der Waals surface area contributed by atoms with Gasteiger partial charge in [0.15, 0.2) is 0 Å². The van der Waals surface area contributed by atoms with Crippen LogP contribution >= 0.6 is 31.9 Å². The largest absolute Gasteiger partial charge is 0.377 e. The Hall–Kier alpha value is -1.31. The lowest BCUT2D eigenvalue weighted by Crippen LogP contribution is -2.07. The first-order valence-electron chi connectivity index (χ1n) is 6.23. The number of nitrogens with one attached hydrogen (secondary N) is 1. The second kappa shape index (κ2) is 6.43. The van der Waals surface area contributed by atoms with Gasteiger partial charge in [-0.25, -0.2) is 0 Å². The number of hydrogen-bond acceptors (Lipinski definition) is 2. The van der Waals surface area contributed by atoms with Gasteiger partial charge in [-0.05, 0) is 81.1 Å². The van der Waals surface area contributed by atoms with Crippen LogP contribution in [0.15, 0.2) is 45.3 Å². The number of nitriles is 1. The second-order valence-electron chi connectivity index (χ2n) is 4.70. The van der Waals surface area contributed by atoms with Gasteiger partial charge in [0.25, 0.3) is 0 Å². The fraction of sp³-hybridized carbons (Fsp3) is 0.188. The molecule has 0 radical (unpaired) electrons. The van der Waals surface area contributed by atoms with Crippen molar-refractivity contribution in [1.82, 2.24) is 0 Å². The summed E-state index contributed by atoms with van der Waals surface area (Å²) in [5.41, 5.74) is 4.05. The maximum Gasteiger partial charge on any atom is 0.0991 e. The van der Waals surface area contributed by atoms with Gasteiger partial charge >= 0.3 is 0 Å². The standard InChI is InChI=1S/C16H14Br2N2/c1-10-7-14(17)16(15(18)8-10)20-11(2)13-5-3-12(9-19)4-6-13/h3-8,11,20H,1-2H3. The van der Waals surface area contributed by atoms with Crippen LogP contribution in [0.4, 0.5) is 5.69 Å². The monoisotopic (exact) mass is 392 g/mol. The molecular weight excluding hydrogens is 380 g/mol.